The van der Waals surface area contributed by atoms with Gasteiger partial charge in [0.2, 0.25) is 0 Å². The van der Waals surface area contributed by atoms with Gasteiger partial charge in [-0.25, -0.2) is 0 Å². The van der Waals surface area contributed by atoms with E-state index in [1.165, 1.54) is 22.9 Å². The molecule has 0 aliphatic heterocycles. The molecule has 0 radical (unpaired) electrons. The summed E-state index contributed by atoms with van der Waals surface area (Å²) < 4.78 is 1.40. The Morgan fingerprint density at radius 3 is 2.59 bits per heavy atom. The van der Waals surface area contributed by atoms with Gasteiger partial charge in [0.25, 0.3) is 11.2 Å². The molecule has 1 aromatic rings. The molecule has 0 atom stereocenters. The average molecular weight is 256 g/mol. The molecule has 1 rings (SSSR count). The van der Waals surface area contributed by atoms with E-state index < -0.39 is 4.92 Å². The summed E-state index contributed by atoms with van der Waals surface area (Å²) in [6, 6.07) is 2.48. The fourth-order valence-electron chi connectivity index (χ4n) is 1.55. The highest BCUT2D eigenvalue weighted by Crippen LogP contribution is 2.08. The van der Waals surface area contributed by atoms with E-state index in [1.807, 2.05) is 0 Å². The lowest BCUT2D eigenvalue weighted by Crippen LogP contribution is -2.18. The molecular formula is C11H16N2O3S. The van der Waals surface area contributed by atoms with Crippen LogP contribution >= 0.6 is 12.6 Å². The number of nitro groups is 1. The van der Waals surface area contributed by atoms with Crippen LogP contribution in [0.15, 0.2) is 23.1 Å². The fraction of sp³-hybridized carbons (Fsp3) is 0.545. The lowest BCUT2D eigenvalue weighted by atomic mass is 10.2. The van der Waals surface area contributed by atoms with Crippen molar-refractivity contribution in [1.82, 2.24) is 4.57 Å². The van der Waals surface area contributed by atoms with E-state index in [0.717, 1.165) is 31.4 Å². The molecule has 0 saturated carbocycles. The van der Waals surface area contributed by atoms with Crippen LogP contribution in [0.2, 0.25) is 0 Å². The SMILES string of the molecule is O=c1ccc([N+](=O)[O-])cn1CCCCCCS. The summed E-state index contributed by atoms with van der Waals surface area (Å²) >= 11 is 4.11. The molecule has 0 aromatic carbocycles. The summed E-state index contributed by atoms with van der Waals surface area (Å²) in [6.07, 6.45) is 5.31. The van der Waals surface area contributed by atoms with E-state index in [0.29, 0.717) is 6.54 Å². The first-order valence-electron chi connectivity index (χ1n) is 5.61. The number of pyridine rings is 1. The monoisotopic (exact) mass is 256 g/mol. The summed E-state index contributed by atoms with van der Waals surface area (Å²) in [5.41, 5.74) is -0.232. The van der Waals surface area contributed by atoms with Gasteiger partial charge in [-0.2, -0.15) is 12.6 Å². The van der Waals surface area contributed by atoms with Gasteiger partial charge in [-0.15, -0.1) is 0 Å². The maximum atomic E-state index is 11.4. The van der Waals surface area contributed by atoms with Gasteiger partial charge in [0.1, 0.15) is 0 Å². The first-order chi connectivity index (χ1) is 8.15. The Morgan fingerprint density at radius 2 is 1.94 bits per heavy atom. The molecule has 0 aliphatic rings. The summed E-state index contributed by atoms with van der Waals surface area (Å²) in [6.45, 7) is 0.535. The first-order valence-corrected chi connectivity index (χ1v) is 6.24. The van der Waals surface area contributed by atoms with Crippen LogP contribution in [0.5, 0.6) is 0 Å². The molecule has 5 nitrogen and oxygen atoms in total. The van der Waals surface area contributed by atoms with Crippen LogP contribution in [0.4, 0.5) is 5.69 Å². The maximum absolute atomic E-state index is 11.4. The van der Waals surface area contributed by atoms with Crippen molar-refractivity contribution in [1.29, 1.82) is 0 Å². The van der Waals surface area contributed by atoms with Crippen molar-refractivity contribution in [3.05, 3.63) is 38.8 Å². The summed E-state index contributed by atoms with van der Waals surface area (Å²) in [4.78, 5) is 21.5. The van der Waals surface area contributed by atoms with Gasteiger partial charge in [0.15, 0.2) is 0 Å². The van der Waals surface area contributed by atoms with Crippen molar-refractivity contribution in [2.24, 2.45) is 0 Å². The van der Waals surface area contributed by atoms with Gasteiger partial charge in [-0.05, 0) is 18.6 Å². The number of rotatable bonds is 7. The second-order valence-corrected chi connectivity index (χ2v) is 4.26. The Labute approximate surface area is 105 Å². The summed E-state index contributed by atoms with van der Waals surface area (Å²) in [5, 5.41) is 10.6. The number of thiol groups is 1. The third kappa shape index (κ3) is 4.60. The molecule has 0 spiro atoms. The van der Waals surface area contributed by atoms with Crippen LogP contribution in [0.3, 0.4) is 0 Å². The van der Waals surface area contributed by atoms with Gasteiger partial charge in [0, 0.05) is 18.7 Å². The van der Waals surface area contributed by atoms with E-state index in [1.54, 1.807) is 0 Å². The molecule has 0 amide bonds. The van der Waals surface area contributed by atoms with Crippen molar-refractivity contribution < 1.29 is 4.92 Å². The van der Waals surface area contributed by atoms with Crippen LogP contribution in [-0.4, -0.2) is 15.2 Å². The summed E-state index contributed by atoms with van der Waals surface area (Å²) in [5.74, 6) is 0.872. The van der Waals surface area contributed by atoms with Crippen molar-refractivity contribution in [2.45, 2.75) is 32.2 Å². The average Bonchev–Trinajstić information content (AvgIpc) is 2.30. The summed E-state index contributed by atoms with van der Waals surface area (Å²) in [7, 11) is 0. The molecule has 6 heteroatoms. The number of unbranched alkanes of at least 4 members (excludes halogenated alkanes) is 3. The molecule has 0 N–H and O–H groups in total. The van der Waals surface area contributed by atoms with Gasteiger partial charge in [-0.3, -0.25) is 14.9 Å². The van der Waals surface area contributed by atoms with E-state index in [9.17, 15) is 14.9 Å². The quantitative estimate of drug-likeness (QED) is 0.352. The zero-order valence-corrected chi connectivity index (χ0v) is 10.4. The van der Waals surface area contributed by atoms with Crippen LogP contribution in [0.1, 0.15) is 25.7 Å². The van der Waals surface area contributed by atoms with E-state index >= 15 is 0 Å². The highest BCUT2D eigenvalue weighted by atomic mass is 32.1. The minimum atomic E-state index is -0.489. The Hall–Kier alpha value is -1.30. The number of nitrogens with zero attached hydrogens (tertiary/aromatic N) is 2. The molecule has 0 aliphatic carbocycles. The fourth-order valence-corrected chi connectivity index (χ4v) is 1.77. The van der Waals surface area contributed by atoms with Crippen LogP contribution in [0.25, 0.3) is 0 Å². The number of aryl methyl sites for hydroxylation is 1. The minimum Gasteiger partial charge on any atom is -0.309 e. The molecule has 0 saturated heterocycles. The molecule has 1 heterocycles. The van der Waals surface area contributed by atoms with Crippen molar-refractivity contribution in [3.8, 4) is 0 Å². The van der Waals surface area contributed by atoms with Gasteiger partial charge in [0.05, 0.1) is 11.1 Å². The molecule has 0 bridgehead atoms. The highest BCUT2D eigenvalue weighted by Gasteiger charge is 2.07. The van der Waals surface area contributed by atoms with E-state index in [2.05, 4.69) is 12.6 Å². The zero-order valence-electron chi connectivity index (χ0n) is 9.54. The molecular weight excluding hydrogens is 240 g/mol. The maximum Gasteiger partial charge on any atom is 0.285 e. The number of hydrogen-bond acceptors (Lipinski definition) is 4. The Kier molecular flexibility index (Phi) is 5.76. The van der Waals surface area contributed by atoms with Gasteiger partial charge in [-0.1, -0.05) is 12.8 Å². The largest absolute Gasteiger partial charge is 0.309 e. The van der Waals surface area contributed by atoms with Crippen LogP contribution in [-0.2, 0) is 6.54 Å². The van der Waals surface area contributed by atoms with Gasteiger partial charge >= 0.3 is 0 Å². The van der Waals surface area contributed by atoms with Crippen molar-refractivity contribution in [2.75, 3.05) is 5.75 Å². The second kappa shape index (κ2) is 7.11. The lowest BCUT2D eigenvalue weighted by molar-refractivity contribution is -0.385. The Morgan fingerprint density at radius 1 is 1.24 bits per heavy atom. The second-order valence-electron chi connectivity index (χ2n) is 3.81. The third-order valence-corrected chi connectivity index (χ3v) is 2.80. The standard InChI is InChI=1S/C11H16N2O3S/c14-11-6-5-10(13(15)16)9-12(11)7-3-1-2-4-8-17/h5-6,9,17H,1-4,7-8H2. The zero-order chi connectivity index (χ0) is 12.7. The number of hydrogen-bond donors (Lipinski definition) is 1. The normalized spacial score (nSPS) is 10.4. The van der Waals surface area contributed by atoms with Crippen LogP contribution < -0.4 is 5.56 Å². The Bertz CT molecular complexity index is 431. The highest BCUT2D eigenvalue weighted by molar-refractivity contribution is 7.80. The lowest BCUT2D eigenvalue weighted by Gasteiger charge is -2.04. The topological polar surface area (TPSA) is 65.1 Å². The molecule has 1 aromatic heterocycles. The smallest absolute Gasteiger partial charge is 0.285 e. The van der Waals surface area contributed by atoms with Gasteiger partial charge < -0.3 is 4.57 Å². The molecule has 17 heavy (non-hydrogen) atoms. The van der Waals surface area contributed by atoms with E-state index in [4.69, 9.17) is 0 Å². The third-order valence-electron chi connectivity index (χ3n) is 2.49. The minimum absolute atomic E-state index is 0.0417. The number of aromatic nitrogens is 1. The molecule has 0 unspecified atom stereocenters. The predicted molar refractivity (Wildman–Crippen MR) is 69.7 cm³/mol. The van der Waals surface area contributed by atoms with Crippen LogP contribution in [0, 0.1) is 10.1 Å². The molecule has 0 fully saturated rings. The molecule has 94 valence electrons. The van der Waals surface area contributed by atoms with E-state index in [-0.39, 0.29) is 11.2 Å². The van der Waals surface area contributed by atoms with Crippen molar-refractivity contribution >= 4 is 18.3 Å². The Balaban J connectivity index is 2.55. The van der Waals surface area contributed by atoms with Crippen molar-refractivity contribution in [3.63, 3.8) is 0 Å². The first kappa shape index (κ1) is 13.8. The predicted octanol–water partition coefficient (Wildman–Crippen LogP) is 2.25.